The van der Waals surface area contributed by atoms with Crippen molar-refractivity contribution in [2.24, 2.45) is 17.8 Å². The zero-order chi connectivity index (χ0) is 16.8. The molecule has 128 valence electrons. The van der Waals surface area contributed by atoms with Gasteiger partial charge in [-0.3, -0.25) is 4.79 Å². The molecule has 2 aromatic heterocycles. The second kappa shape index (κ2) is 5.99. The quantitative estimate of drug-likeness (QED) is 0.846. The first-order valence-electron chi connectivity index (χ1n) is 8.69. The Labute approximate surface area is 146 Å². The monoisotopic (exact) mass is 345 g/mol. The van der Waals surface area contributed by atoms with E-state index in [4.69, 9.17) is 4.52 Å². The summed E-state index contributed by atoms with van der Waals surface area (Å²) < 4.78 is 5.62. The lowest BCUT2D eigenvalue weighted by molar-refractivity contribution is -0.138. The molecular formula is C18H23N3O2S. The van der Waals surface area contributed by atoms with Crippen LogP contribution in [0.3, 0.4) is 0 Å². The Hall–Kier alpha value is -1.69. The average Bonchev–Trinajstić information content (AvgIpc) is 3.35. The summed E-state index contributed by atoms with van der Waals surface area (Å²) in [5.74, 6) is 2.56. The van der Waals surface area contributed by atoms with Crippen molar-refractivity contribution in [3.8, 4) is 11.4 Å². The Morgan fingerprint density at radius 3 is 2.88 bits per heavy atom. The number of hydrogen-bond donors (Lipinski definition) is 0. The van der Waals surface area contributed by atoms with Gasteiger partial charge in [-0.15, -0.1) is 0 Å². The molecule has 24 heavy (non-hydrogen) atoms. The van der Waals surface area contributed by atoms with Crippen LogP contribution in [0.4, 0.5) is 0 Å². The van der Waals surface area contributed by atoms with E-state index in [2.05, 4.69) is 24.0 Å². The molecule has 2 heterocycles. The number of fused-ring (bicyclic) bond motifs is 2. The fraction of sp³-hybridized carbons (Fsp3) is 0.611. The fourth-order valence-corrected chi connectivity index (χ4v) is 5.01. The van der Waals surface area contributed by atoms with Gasteiger partial charge in [0.15, 0.2) is 0 Å². The number of amides is 1. The van der Waals surface area contributed by atoms with Gasteiger partial charge in [-0.25, -0.2) is 0 Å². The third-order valence-electron chi connectivity index (χ3n) is 5.83. The molecule has 0 saturated heterocycles. The van der Waals surface area contributed by atoms with Crippen LogP contribution in [-0.2, 0) is 4.79 Å². The van der Waals surface area contributed by atoms with E-state index in [0.29, 0.717) is 23.6 Å². The molecule has 2 fully saturated rings. The Bertz CT molecular complexity index is 724. The van der Waals surface area contributed by atoms with Gasteiger partial charge < -0.3 is 9.42 Å². The highest BCUT2D eigenvalue weighted by Crippen LogP contribution is 2.57. The number of nitrogens with zero attached hydrogens (tertiary/aromatic N) is 3. The van der Waals surface area contributed by atoms with Gasteiger partial charge in [-0.2, -0.15) is 16.3 Å². The lowest BCUT2D eigenvalue weighted by Gasteiger charge is -2.32. The van der Waals surface area contributed by atoms with Crippen LogP contribution in [0.15, 0.2) is 21.3 Å². The molecular weight excluding hydrogens is 322 g/mol. The zero-order valence-corrected chi connectivity index (χ0v) is 15.1. The van der Waals surface area contributed by atoms with Crippen molar-refractivity contribution < 1.29 is 9.32 Å². The summed E-state index contributed by atoms with van der Waals surface area (Å²) in [5, 5.41) is 8.18. The standard InChI is InChI=1S/C18H23N3O2S/c1-10(2)21(3)18(22)15-12-5-4-11(8-12)14(15)17-19-16(20-23-17)13-6-7-24-9-13/h6-7,9-12,14-15H,4-5,8H2,1-3H3/t11-,12+,14+,15+/m1/s1. The van der Waals surface area contributed by atoms with Crippen LogP contribution in [0.2, 0.25) is 0 Å². The Balaban J connectivity index is 1.64. The molecule has 2 bridgehead atoms. The maximum absolute atomic E-state index is 13.0. The molecule has 0 aromatic carbocycles. The lowest BCUT2D eigenvalue weighted by Crippen LogP contribution is -2.42. The summed E-state index contributed by atoms with van der Waals surface area (Å²) in [6, 6.07) is 2.20. The highest BCUT2D eigenvalue weighted by Gasteiger charge is 2.54. The van der Waals surface area contributed by atoms with Gasteiger partial charge in [-0.05, 0) is 56.4 Å². The van der Waals surface area contributed by atoms with Crippen LogP contribution in [0.1, 0.15) is 44.9 Å². The number of thiophene rings is 1. The van der Waals surface area contributed by atoms with E-state index in [1.165, 1.54) is 6.42 Å². The molecule has 0 aliphatic heterocycles. The molecule has 5 nitrogen and oxygen atoms in total. The molecule has 0 N–H and O–H groups in total. The van der Waals surface area contributed by atoms with E-state index >= 15 is 0 Å². The topological polar surface area (TPSA) is 59.2 Å². The van der Waals surface area contributed by atoms with E-state index < -0.39 is 0 Å². The van der Waals surface area contributed by atoms with Crippen molar-refractivity contribution in [2.45, 2.75) is 45.1 Å². The van der Waals surface area contributed by atoms with Crippen LogP contribution in [0.5, 0.6) is 0 Å². The number of rotatable bonds is 4. The predicted molar refractivity (Wildman–Crippen MR) is 92.6 cm³/mol. The third kappa shape index (κ3) is 2.48. The normalized spacial score (nSPS) is 28.7. The molecule has 1 amide bonds. The second-order valence-electron chi connectivity index (χ2n) is 7.40. The Morgan fingerprint density at radius 2 is 2.17 bits per heavy atom. The molecule has 2 saturated carbocycles. The largest absolute Gasteiger partial charge is 0.343 e. The number of aromatic nitrogens is 2. The third-order valence-corrected chi connectivity index (χ3v) is 6.51. The minimum Gasteiger partial charge on any atom is -0.343 e. The second-order valence-corrected chi connectivity index (χ2v) is 8.18. The molecule has 0 spiro atoms. The lowest BCUT2D eigenvalue weighted by atomic mass is 9.78. The highest BCUT2D eigenvalue weighted by atomic mass is 32.1. The van der Waals surface area contributed by atoms with Gasteiger partial charge in [0.2, 0.25) is 17.6 Å². The first-order valence-corrected chi connectivity index (χ1v) is 9.63. The molecule has 0 unspecified atom stereocenters. The minimum atomic E-state index is -0.00748. The van der Waals surface area contributed by atoms with Crippen molar-refractivity contribution in [3.63, 3.8) is 0 Å². The van der Waals surface area contributed by atoms with E-state index in [1.54, 1.807) is 11.3 Å². The summed E-state index contributed by atoms with van der Waals surface area (Å²) in [6.07, 6.45) is 3.43. The predicted octanol–water partition coefficient (Wildman–Crippen LogP) is 3.79. The maximum atomic E-state index is 13.0. The van der Waals surface area contributed by atoms with E-state index in [9.17, 15) is 4.79 Å². The molecule has 0 radical (unpaired) electrons. The van der Waals surface area contributed by atoms with Crippen molar-refractivity contribution in [1.82, 2.24) is 15.0 Å². The summed E-state index contributed by atoms with van der Waals surface area (Å²) in [5.41, 5.74) is 0.986. The van der Waals surface area contributed by atoms with Gasteiger partial charge in [0.05, 0.1) is 11.8 Å². The van der Waals surface area contributed by atoms with Crippen LogP contribution in [-0.4, -0.2) is 34.0 Å². The summed E-state index contributed by atoms with van der Waals surface area (Å²) >= 11 is 1.62. The van der Waals surface area contributed by atoms with E-state index in [1.807, 2.05) is 28.8 Å². The van der Waals surface area contributed by atoms with Crippen LogP contribution >= 0.6 is 11.3 Å². The number of carbonyl (C=O) groups is 1. The van der Waals surface area contributed by atoms with Crippen LogP contribution in [0, 0.1) is 17.8 Å². The molecule has 6 heteroatoms. The van der Waals surface area contributed by atoms with Gasteiger partial charge >= 0.3 is 0 Å². The van der Waals surface area contributed by atoms with Crippen molar-refractivity contribution in [3.05, 3.63) is 22.7 Å². The van der Waals surface area contributed by atoms with Gasteiger partial charge in [0.25, 0.3) is 0 Å². The first-order chi connectivity index (χ1) is 11.6. The molecule has 4 atom stereocenters. The molecule has 4 rings (SSSR count). The Morgan fingerprint density at radius 1 is 1.38 bits per heavy atom. The van der Waals surface area contributed by atoms with Crippen LogP contribution < -0.4 is 0 Å². The zero-order valence-electron chi connectivity index (χ0n) is 14.3. The average molecular weight is 345 g/mol. The summed E-state index contributed by atoms with van der Waals surface area (Å²) in [6.45, 7) is 4.11. The van der Waals surface area contributed by atoms with Gasteiger partial charge in [0, 0.05) is 24.0 Å². The SMILES string of the molecule is CC(C)N(C)C(=O)[C@H]1[C@H]2CC[C@H](C2)[C@@H]1c1nc(-c2ccsc2)no1. The molecule has 2 aliphatic rings. The Kier molecular flexibility index (Phi) is 3.95. The number of carbonyl (C=O) groups excluding carboxylic acids is 1. The van der Waals surface area contributed by atoms with E-state index in [-0.39, 0.29) is 23.8 Å². The van der Waals surface area contributed by atoms with Crippen molar-refractivity contribution in [1.29, 1.82) is 0 Å². The number of hydrogen-bond acceptors (Lipinski definition) is 5. The molecule has 2 aliphatic carbocycles. The van der Waals surface area contributed by atoms with Crippen molar-refractivity contribution >= 4 is 17.2 Å². The first kappa shape index (κ1) is 15.8. The maximum Gasteiger partial charge on any atom is 0.231 e. The summed E-state index contributed by atoms with van der Waals surface area (Å²) in [4.78, 5) is 19.6. The smallest absolute Gasteiger partial charge is 0.231 e. The van der Waals surface area contributed by atoms with Crippen molar-refractivity contribution in [2.75, 3.05) is 7.05 Å². The van der Waals surface area contributed by atoms with Gasteiger partial charge in [0.1, 0.15) is 0 Å². The minimum absolute atomic E-state index is 0.00748. The van der Waals surface area contributed by atoms with Gasteiger partial charge in [-0.1, -0.05) is 5.16 Å². The highest BCUT2D eigenvalue weighted by molar-refractivity contribution is 7.08. The van der Waals surface area contributed by atoms with Crippen LogP contribution in [0.25, 0.3) is 11.4 Å². The summed E-state index contributed by atoms with van der Waals surface area (Å²) in [7, 11) is 1.90. The van der Waals surface area contributed by atoms with E-state index in [0.717, 1.165) is 18.4 Å². The fourth-order valence-electron chi connectivity index (χ4n) is 4.37. The molecule has 2 aromatic rings.